The van der Waals surface area contributed by atoms with E-state index >= 15 is 0 Å². The van der Waals surface area contributed by atoms with Crippen molar-refractivity contribution in [2.24, 2.45) is 0 Å². The van der Waals surface area contributed by atoms with E-state index in [1.807, 2.05) is 6.92 Å². The molecule has 0 aliphatic heterocycles. The lowest BCUT2D eigenvalue weighted by atomic mass is 10.5. The van der Waals surface area contributed by atoms with Crippen LogP contribution in [0.5, 0.6) is 0 Å². The molecule has 0 bridgehead atoms. The first-order chi connectivity index (χ1) is 5.68. The van der Waals surface area contributed by atoms with Gasteiger partial charge in [-0.3, -0.25) is 0 Å². The Morgan fingerprint density at radius 1 is 1.08 bits per heavy atom. The molecule has 3 nitrogen and oxygen atoms in total. The summed E-state index contributed by atoms with van der Waals surface area (Å²) < 4.78 is 11.9. The van der Waals surface area contributed by atoms with Gasteiger partial charge in [0.2, 0.25) is 0 Å². The molecule has 0 aromatic rings. The van der Waals surface area contributed by atoms with Crippen molar-refractivity contribution in [3.05, 3.63) is 0 Å². The minimum Gasteiger partial charge on any atom is -0.396 e. The second-order valence-corrected chi connectivity index (χ2v) is 6.62. The highest BCUT2D eigenvalue weighted by atomic mass is 31.2. The van der Waals surface area contributed by atoms with Crippen molar-refractivity contribution in [2.45, 2.75) is 19.8 Å². The summed E-state index contributed by atoms with van der Waals surface area (Å²) in [4.78, 5) is 0. The number of hydrogen-bond acceptors (Lipinski definition) is 3. The van der Waals surface area contributed by atoms with Crippen LogP contribution in [-0.4, -0.2) is 41.9 Å². The van der Waals surface area contributed by atoms with E-state index in [1.165, 1.54) is 0 Å². The van der Waals surface area contributed by atoms with Crippen LogP contribution in [0.15, 0.2) is 0 Å². The fourth-order valence-corrected chi connectivity index (χ4v) is 3.44. The van der Waals surface area contributed by atoms with Crippen LogP contribution in [0.2, 0.25) is 0 Å². The van der Waals surface area contributed by atoms with Gasteiger partial charge in [-0.05, 0) is 19.0 Å². The fraction of sp³-hybridized carbons (Fsp3) is 1.00. The number of hydrogen-bond donors (Lipinski definition) is 2. The lowest BCUT2D eigenvalue weighted by Gasteiger charge is -2.14. The highest BCUT2D eigenvalue weighted by molar-refractivity contribution is 7.63. The Labute approximate surface area is 74.2 Å². The van der Waals surface area contributed by atoms with Crippen LogP contribution in [0.1, 0.15) is 19.8 Å². The summed E-state index contributed by atoms with van der Waals surface area (Å²) in [5, 5.41) is 17.2. The highest BCUT2D eigenvalue weighted by Crippen LogP contribution is 2.45. The largest absolute Gasteiger partial charge is 0.396 e. The molecular formula is C8H19O3P. The molecule has 0 saturated heterocycles. The second-order valence-electron chi connectivity index (χ2n) is 2.98. The smallest absolute Gasteiger partial charge is 0.0876 e. The van der Waals surface area contributed by atoms with Crippen molar-refractivity contribution < 1.29 is 14.8 Å². The zero-order valence-corrected chi connectivity index (χ0v) is 8.59. The van der Waals surface area contributed by atoms with Gasteiger partial charge in [-0.2, -0.15) is 0 Å². The maximum atomic E-state index is 11.9. The lowest BCUT2D eigenvalue weighted by Crippen LogP contribution is -2.01. The Morgan fingerprint density at radius 3 is 1.75 bits per heavy atom. The van der Waals surface area contributed by atoms with Gasteiger partial charge in [-0.15, -0.1) is 0 Å². The molecule has 0 aliphatic rings. The van der Waals surface area contributed by atoms with E-state index in [2.05, 4.69) is 0 Å². The molecule has 4 heteroatoms. The van der Waals surface area contributed by atoms with Crippen molar-refractivity contribution in [3.63, 3.8) is 0 Å². The summed E-state index contributed by atoms with van der Waals surface area (Å²) in [6.07, 6.45) is 3.18. The monoisotopic (exact) mass is 194 g/mol. The predicted octanol–water partition coefficient (Wildman–Crippen LogP) is 1.13. The highest BCUT2D eigenvalue weighted by Gasteiger charge is 2.17. The summed E-state index contributed by atoms with van der Waals surface area (Å²) >= 11 is 0. The Kier molecular flexibility index (Phi) is 6.73. The van der Waals surface area contributed by atoms with E-state index in [4.69, 9.17) is 10.2 Å². The third-order valence-corrected chi connectivity index (χ3v) is 5.44. The van der Waals surface area contributed by atoms with Gasteiger partial charge in [0.05, 0.1) is 7.14 Å². The zero-order chi connectivity index (χ0) is 9.45. The average molecular weight is 194 g/mol. The summed E-state index contributed by atoms with van der Waals surface area (Å²) in [6.45, 7) is 2.14. The molecule has 2 N–H and O–H groups in total. The van der Waals surface area contributed by atoms with Gasteiger partial charge >= 0.3 is 0 Å². The van der Waals surface area contributed by atoms with E-state index in [0.29, 0.717) is 31.3 Å². The molecule has 0 aromatic heterocycles. The van der Waals surface area contributed by atoms with Crippen molar-refractivity contribution in [1.82, 2.24) is 0 Å². The third kappa shape index (κ3) is 4.91. The summed E-state index contributed by atoms with van der Waals surface area (Å²) in [6, 6.07) is 0. The first-order valence-electron chi connectivity index (χ1n) is 4.47. The molecule has 0 heterocycles. The second kappa shape index (κ2) is 6.64. The quantitative estimate of drug-likeness (QED) is 0.597. The van der Waals surface area contributed by atoms with E-state index in [1.54, 1.807) is 0 Å². The molecule has 74 valence electrons. The first-order valence-corrected chi connectivity index (χ1v) is 6.73. The maximum absolute atomic E-state index is 11.9. The maximum Gasteiger partial charge on any atom is 0.0876 e. The van der Waals surface area contributed by atoms with Crippen molar-refractivity contribution in [2.75, 3.05) is 31.7 Å². The van der Waals surface area contributed by atoms with Crippen LogP contribution < -0.4 is 0 Å². The van der Waals surface area contributed by atoms with Crippen LogP contribution in [0.3, 0.4) is 0 Å². The molecule has 0 aliphatic carbocycles. The van der Waals surface area contributed by atoms with Crippen LogP contribution >= 0.6 is 7.14 Å². The standard InChI is InChI=1S/C8H19O3P/c1-2-12(11,7-3-5-9)8-4-6-10/h9-10H,2-8H2,1H3. The fourth-order valence-electron chi connectivity index (χ4n) is 1.15. The van der Waals surface area contributed by atoms with Gasteiger partial charge in [0.1, 0.15) is 0 Å². The first kappa shape index (κ1) is 12.2. The van der Waals surface area contributed by atoms with Crippen LogP contribution in [0, 0.1) is 0 Å². The predicted molar refractivity (Wildman–Crippen MR) is 51.3 cm³/mol. The molecule has 0 spiro atoms. The summed E-state index contributed by atoms with van der Waals surface area (Å²) in [5.41, 5.74) is 0. The molecule has 0 aromatic carbocycles. The Bertz CT molecular complexity index is 135. The molecule has 0 rings (SSSR count). The lowest BCUT2D eigenvalue weighted by molar-refractivity contribution is 0.293. The van der Waals surface area contributed by atoms with Gasteiger partial charge in [-0.1, -0.05) is 6.92 Å². The number of aliphatic hydroxyl groups is 2. The molecule has 12 heavy (non-hydrogen) atoms. The van der Waals surface area contributed by atoms with E-state index < -0.39 is 7.14 Å². The van der Waals surface area contributed by atoms with Gasteiger partial charge in [0.25, 0.3) is 0 Å². The number of aliphatic hydroxyl groups excluding tert-OH is 2. The summed E-state index contributed by atoms with van der Waals surface area (Å²) in [7, 11) is -2.05. The van der Waals surface area contributed by atoms with E-state index in [9.17, 15) is 4.57 Å². The zero-order valence-electron chi connectivity index (χ0n) is 7.70. The molecular weight excluding hydrogens is 175 g/mol. The normalized spacial score (nSPS) is 11.9. The molecule has 0 saturated carbocycles. The number of rotatable bonds is 7. The van der Waals surface area contributed by atoms with E-state index in [-0.39, 0.29) is 13.2 Å². The van der Waals surface area contributed by atoms with Crippen molar-refractivity contribution in [3.8, 4) is 0 Å². The third-order valence-electron chi connectivity index (χ3n) is 2.02. The molecule has 0 unspecified atom stereocenters. The molecule has 0 fully saturated rings. The Morgan fingerprint density at radius 2 is 1.50 bits per heavy atom. The Hall–Kier alpha value is 0.150. The van der Waals surface area contributed by atoms with Gasteiger partial charge < -0.3 is 14.8 Å². The van der Waals surface area contributed by atoms with Gasteiger partial charge in [-0.25, -0.2) is 0 Å². The van der Waals surface area contributed by atoms with E-state index in [0.717, 1.165) is 0 Å². The summed E-state index contributed by atoms with van der Waals surface area (Å²) in [5.74, 6) is 0. The van der Waals surface area contributed by atoms with Crippen LogP contribution in [-0.2, 0) is 4.57 Å². The van der Waals surface area contributed by atoms with Gasteiger partial charge in [0, 0.05) is 25.5 Å². The SMILES string of the molecule is CCP(=O)(CCCO)CCCO. The molecule has 0 atom stereocenters. The Balaban J connectivity index is 3.79. The average Bonchev–Trinajstić information content (AvgIpc) is 2.11. The topological polar surface area (TPSA) is 57.5 Å². The minimum absolute atomic E-state index is 0.114. The molecule has 0 radical (unpaired) electrons. The van der Waals surface area contributed by atoms with Gasteiger partial charge in [0.15, 0.2) is 0 Å². The van der Waals surface area contributed by atoms with Crippen LogP contribution in [0.4, 0.5) is 0 Å². The van der Waals surface area contributed by atoms with Crippen LogP contribution in [0.25, 0.3) is 0 Å². The van der Waals surface area contributed by atoms with Crippen molar-refractivity contribution >= 4 is 7.14 Å². The van der Waals surface area contributed by atoms with Crippen molar-refractivity contribution in [1.29, 1.82) is 0 Å². The minimum atomic E-state index is -2.05. The molecule has 0 amide bonds.